The molecule has 0 aliphatic carbocycles. The van der Waals surface area contributed by atoms with E-state index in [2.05, 4.69) is 29.3 Å². The van der Waals surface area contributed by atoms with Gasteiger partial charge in [-0.3, -0.25) is 14.0 Å². The average molecular weight is 403 g/mol. The minimum atomic E-state index is -0.0874. The molecule has 1 amide bonds. The first kappa shape index (κ1) is 19.6. The SMILES string of the molecule is CN(C)CCc1ccc(NC(=O)CSCc2cc(=O)n3ccsc3n2)cc1. The van der Waals surface area contributed by atoms with Gasteiger partial charge in [0.25, 0.3) is 5.56 Å². The summed E-state index contributed by atoms with van der Waals surface area (Å²) in [6.45, 7) is 0.997. The fourth-order valence-electron chi connectivity index (χ4n) is 2.51. The molecule has 0 radical (unpaired) electrons. The van der Waals surface area contributed by atoms with Gasteiger partial charge in [-0.1, -0.05) is 12.1 Å². The average Bonchev–Trinajstić information content (AvgIpc) is 3.10. The fourth-order valence-corrected chi connectivity index (χ4v) is 3.97. The third kappa shape index (κ3) is 5.66. The normalized spacial score (nSPS) is 11.2. The lowest BCUT2D eigenvalue weighted by molar-refractivity contribution is -0.113. The Labute approximate surface area is 166 Å². The van der Waals surface area contributed by atoms with Crippen LogP contribution in [0.15, 0.2) is 46.7 Å². The third-order valence-electron chi connectivity index (χ3n) is 3.92. The highest BCUT2D eigenvalue weighted by atomic mass is 32.2. The molecular formula is C19H22N4O2S2. The van der Waals surface area contributed by atoms with Crippen molar-refractivity contribution in [1.82, 2.24) is 14.3 Å². The summed E-state index contributed by atoms with van der Waals surface area (Å²) in [4.78, 5) is 31.3. The van der Waals surface area contributed by atoms with Crippen LogP contribution in [0.2, 0.25) is 0 Å². The molecule has 0 spiro atoms. The summed E-state index contributed by atoms with van der Waals surface area (Å²) in [5.41, 5.74) is 2.66. The van der Waals surface area contributed by atoms with Gasteiger partial charge in [-0.05, 0) is 38.2 Å². The van der Waals surface area contributed by atoms with Gasteiger partial charge in [-0.25, -0.2) is 4.98 Å². The fraction of sp³-hybridized carbons (Fsp3) is 0.316. The van der Waals surface area contributed by atoms with E-state index in [-0.39, 0.29) is 11.5 Å². The van der Waals surface area contributed by atoms with Crippen LogP contribution in [0.4, 0.5) is 5.69 Å². The second kappa shape index (κ2) is 9.16. The number of likely N-dealkylation sites (N-methyl/N-ethyl adjacent to an activating group) is 1. The Balaban J connectivity index is 1.47. The first-order chi connectivity index (χ1) is 13.0. The molecule has 0 unspecified atom stereocenters. The van der Waals surface area contributed by atoms with E-state index in [0.29, 0.717) is 22.2 Å². The van der Waals surface area contributed by atoms with Crippen LogP contribution in [-0.4, -0.2) is 46.6 Å². The van der Waals surface area contributed by atoms with E-state index in [1.54, 1.807) is 6.20 Å². The van der Waals surface area contributed by atoms with Crippen LogP contribution < -0.4 is 10.9 Å². The lowest BCUT2D eigenvalue weighted by Gasteiger charge is -2.10. The van der Waals surface area contributed by atoms with E-state index >= 15 is 0 Å². The second-order valence-corrected chi connectivity index (χ2v) is 8.29. The van der Waals surface area contributed by atoms with Gasteiger partial charge in [0.1, 0.15) is 0 Å². The maximum absolute atomic E-state index is 12.1. The predicted molar refractivity (Wildman–Crippen MR) is 113 cm³/mol. The molecule has 0 atom stereocenters. The van der Waals surface area contributed by atoms with Gasteiger partial charge in [0, 0.05) is 35.6 Å². The van der Waals surface area contributed by atoms with Gasteiger partial charge in [-0.15, -0.1) is 23.1 Å². The summed E-state index contributed by atoms with van der Waals surface area (Å²) in [5, 5.41) is 4.74. The number of rotatable bonds is 8. The molecule has 0 aliphatic rings. The molecule has 2 aromatic heterocycles. The number of hydrogen-bond donors (Lipinski definition) is 1. The predicted octanol–water partition coefficient (Wildman–Crippen LogP) is 2.73. The Morgan fingerprint density at radius 3 is 2.81 bits per heavy atom. The zero-order chi connectivity index (χ0) is 19.2. The van der Waals surface area contributed by atoms with Crippen LogP contribution in [0, 0.1) is 0 Å². The minimum absolute atomic E-state index is 0.0602. The second-order valence-electron chi connectivity index (χ2n) is 6.43. The lowest BCUT2D eigenvalue weighted by atomic mass is 10.1. The number of benzene rings is 1. The summed E-state index contributed by atoms with van der Waals surface area (Å²) in [6, 6.07) is 9.47. The van der Waals surface area contributed by atoms with E-state index in [4.69, 9.17) is 0 Å². The van der Waals surface area contributed by atoms with Crippen LogP contribution in [0.25, 0.3) is 4.96 Å². The van der Waals surface area contributed by atoms with Gasteiger partial charge in [0.2, 0.25) is 5.91 Å². The highest BCUT2D eigenvalue weighted by molar-refractivity contribution is 7.99. The zero-order valence-electron chi connectivity index (χ0n) is 15.3. The zero-order valence-corrected chi connectivity index (χ0v) is 17.0. The summed E-state index contributed by atoms with van der Waals surface area (Å²) < 4.78 is 1.52. The molecule has 8 heteroatoms. The maximum Gasteiger partial charge on any atom is 0.258 e. The Morgan fingerprint density at radius 2 is 2.07 bits per heavy atom. The van der Waals surface area contributed by atoms with Crippen LogP contribution in [0.3, 0.4) is 0 Å². The number of amides is 1. The van der Waals surface area contributed by atoms with E-state index in [0.717, 1.165) is 18.7 Å². The van der Waals surface area contributed by atoms with Gasteiger partial charge in [-0.2, -0.15) is 0 Å². The molecule has 0 fully saturated rings. The van der Waals surface area contributed by atoms with E-state index in [1.807, 2.05) is 29.6 Å². The molecule has 2 heterocycles. The molecule has 0 aliphatic heterocycles. The quantitative estimate of drug-likeness (QED) is 0.628. The van der Waals surface area contributed by atoms with Crippen LogP contribution in [0.1, 0.15) is 11.3 Å². The van der Waals surface area contributed by atoms with Gasteiger partial charge >= 0.3 is 0 Å². The van der Waals surface area contributed by atoms with Crippen molar-refractivity contribution in [2.24, 2.45) is 0 Å². The number of carbonyl (C=O) groups excluding carboxylic acids is 1. The monoisotopic (exact) mass is 402 g/mol. The molecule has 1 aromatic carbocycles. The molecule has 0 saturated carbocycles. The number of thiazole rings is 1. The Morgan fingerprint density at radius 1 is 1.30 bits per heavy atom. The Kier molecular flexibility index (Phi) is 6.65. The van der Waals surface area contributed by atoms with Gasteiger partial charge in [0.05, 0.1) is 11.4 Å². The van der Waals surface area contributed by atoms with Gasteiger partial charge in [0.15, 0.2) is 4.96 Å². The van der Waals surface area contributed by atoms with Crippen molar-refractivity contribution in [3.8, 4) is 0 Å². The van der Waals surface area contributed by atoms with E-state index in [9.17, 15) is 9.59 Å². The smallest absolute Gasteiger partial charge is 0.258 e. The van der Waals surface area contributed by atoms with Crippen molar-refractivity contribution in [3.63, 3.8) is 0 Å². The number of carbonyl (C=O) groups is 1. The Hall–Kier alpha value is -2.16. The summed E-state index contributed by atoms with van der Waals surface area (Å²) in [7, 11) is 4.11. The number of hydrogen-bond acceptors (Lipinski definition) is 6. The molecule has 0 bridgehead atoms. The molecule has 1 N–H and O–H groups in total. The molecule has 0 saturated heterocycles. The van der Waals surface area contributed by atoms with E-state index in [1.165, 1.54) is 39.1 Å². The summed E-state index contributed by atoms with van der Waals surface area (Å²) >= 11 is 2.87. The molecule has 142 valence electrons. The summed E-state index contributed by atoms with van der Waals surface area (Å²) in [6.07, 6.45) is 2.70. The number of anilines is 1. The van der Waals surface area contributed by atoms with Crippen LogP contribution in [-0.2, 0) is 17.0 Å². The highest BCUT2D eigenvalue weighted by Crippen LogP contribution is 2.14. The first-order valence-corrected chi connectivity index (χ1v) is 10.6. The first-order valence-electron chi connectivity index (χ1n) is 8.58. The van der Waals surface area contributed by atoms with Crippen LogP contribution in [0.5, 0.6) is 0 Å². The molecule has 6 nitrogen and oxygen atoms in total. The molecule has 27 heavy (non-hydrogen) atoms. The van der Waals surface area contributed by atoms with Crippen molar-refractivity contribution in [2.45, 2.75) is 12.2 Å². The molecule has 3 aromatic rings. The highest BCUT2D eigenvalue weighted by Gasteiger charge is 2.07. The van der Waals surface area contributed by atoms with Crippen molar-refractivity contribution in [3.05, 3.63) is 63.5 Å². The van der Waals surface area contributed by atoms with Crippen molar-refractivity contribution >= 4 is 39.7 Å². The summed E-state index contributed by atoms with van der Waals surface area (Å²) in [5.74, 6) is 0.781. The maximum atomic E-state index is 12.1. The van der Waals surface area contributed by atoms with Crippen LogP contribution >= 0.6 is 23.1 Å². The number of aromatic nitrogens is 2. The van der Waals surface area contributed by atoms with Gasteiger partial charge < -0.3 is 10.2 Å². The molecular weight excluding hydrogens is 380 g/mol. The number of nitrogens with one attached hydrogen (secondary N) is 1. The molecule has 3 rings (SSSR count). The van der Waals surface area contributed by atoms with E-state index < -0.39 is 0 Å². The largest absolute Gasteiger partial charge is 0.325 e. The standard InChI is InChI=1S/C19H22N4O2S2/c1-22(2)8-7-14-3-5-15(6-4-14)20-17(24)13-26-12-16-11-18(25)23-9-10-27-19(23)21-16/h3-6,9-11H,7-8,12-13H2,1-2H3,(H,20,24). The van der Waals surface area contributed by atoms with Crippen molar-refractivity contribution in [2.75, 3.05) is 31.7 Å². The number of thioether (sulfide) groups is 1. The lowest BCUT2D eigenvalue weighted by Crippen LogP contribution is -2.16. The Bertz CT molecular complexity index is 964. The van der Waals surface area contributed by atoms with Crippen molar-refractivity contribution in [1.29, 1.82) is 0 Å². The number of fused-ring (bicyclic) bond motifs is 1. The number of nitrogens with zero attached hydrogens (tertiary/aromatic N) is 3. The van der Waals surface area contributed by atoms with Crippen molar-refractivity contribution < 1.29 is 4.79 Å². The topological polar surface area (TPSA) is 66.7 Å². The minimum Gasteiger partial charge on any atom is -0.325 e. The third-order valence-corrected chi connectivity index (χ3v) is 5.65.